The van der Waals surface area contributed by atoms with Crippen molar-refractivity contribution in [1.29, 1.82) is 0 Å². The number of halogens is 2. The number of carbonyl (C=O) groups is 2. The highest BCUT2D eigenvalue weighted by atomic mass is 35.5. The number of nitrogens with one attached hydrogen (secondary N) is 1. The number of aliphatic carboxylic acids is 1. The van der Waals surface area contributed by atoms with Crippen molar-refractivity contribution in [3.05, 3.63) is 40.1 Å². The molecular formula is C14H14Cl2N4O4. The lowest BCUT2D eigenvalue weighted by Crippen LogP contribution is -2.36. The average molecular weight is 373 g/mol. The number of carbonyl (C=O) groups excluding carboxylic acids is 1. The zero-order valence-corrected chi connectivity index (χ0v) is 14.1. The molecule has 2 rings (SSSR count). The molecule has 0 aliphatic rings. The maximum Gasteiger partial charge on any atom is 0.325 e. The zero-order valence-electron chi connectivity index (χ0n) is 12.6. The minimum atomic E-state index is -1.03. The number of carboxylic acids is 1. The van der Waals surface area contributed by atoms with Gasteiger partial charge in [-0.1, -0.05) is 28.4 Å². The highest BCUT2D eigenvalue weighted by molar-refractivity contribution is 6.34. The molecule has 1 aromatic carbocycles. The Labute approximate surface area is 147 Å². The van der Waals surface area contributed by atoms with Gasteiger partial charge in [-0.3, -0.25) is 9.59 Å². The number of benzene rings is 1. The third kappa shape index (κ3) is 5.39. The minimum Gasteiger partial charge on any atom is -0.481 e. The van der Waals surface area contributed by atoms with Gasteiger partial charge in [-0.2, -0.15) is 0 Å². The Hall–Kier alpha value is -2.32. The second kappa shape index (κ2) is 7.98. The lowest BCUT2D eigenvalue weighted by molar-refractivity contribution is -0.138. The monoisotopic (exact) mass is 372 g/mol. The summed E-state index contributed by atoms with van der Waals surface area (Å²) in [6, 6.07) is 4.66. The molecule has 2 N–H and O–H groups in total. The van der Waals surface area contributed by atoms with Crippen LogP contribution in [-0.4, -0.2) is 38.1 Å². The summed E-state index contributed by atoms with van der Waals surface area (Å²) >= 11 is 11.7. The minimum absolute atomic E-state index is 0.0997. The first-order chi connectivity index (χ1) is 11.3. The van der Waals surface area contributed by atoms with E-state index >= 15 is 0 Å². The lowest BCUT2D eigenvalue weighted by Gasteiger charge is -2.14. The van der Waals surface area contributed by atoms with Crippen LogP contribution in [0.25, 0.3) is 0 Å². The van der Waals surface area contributed by atoms with E-state index in [0.717, 1.165) is 4.68 Å². The standard InChI is InChI=1S/C14H14Cl2N4O4/c1-8(24-12-3-9(15)2-10(16)4-12)14(23)17-5-11-6-20(19-18-11)7-13(21)22/h2-4,6,8H,5,7H2,1H3,(H,17,23)(H,21,22). The van der Waals surface area contributed by atoms with Crippen molar-refractivity contribution in [3.8, 4) is 5.75 Å². The summed E-state index contributed by atoms with van der Waals surface area (Å²) in [6.45, 7) is 1.38. The first-order valence-corrected chi connectivity index (χ1v) is 7.60. The molecule has 1 aromatic heterocycles. The van der Waals surface area contributed by atoms with Gasteiger partial charge in [0.05, 0.1) is 12.7 Å². The van der Waals surface area contributed by atoms with Gasteiger partial charge in [0.15, 0.2) is 6.10 Å². The number of ether oxygens (including phenoxy) is 1. The molecule has 0 spiro atoms. The van der Waals surface area contributed by atoms with Gasteiger partial charge in [-0.15, -0.1) is 5.10 Å². The van der Waals surface area contributed by atoms with E-state index in [-0.39, 0.29) is 19.0 Å². The Balaban J connectivity index is 1.87. The van der Waals surface area contributed by atoms with E-state index in [2.05, 4.69) is 15.6 Å². The van der Waals surface area contributed by atoms with Crippen LogP contribution < -0.4 is 10.1 Å². The summed E-state index contributed by atoms with van der Waals surface area (Å²) in [4.78, 5) is 22.6. The van der Waals surface area contributed by atoms with Crippen LogP contribution in [0.2, 0.25) is 10.0 Å². The normalized spacial score (nSPS) is 11.8. The van der Waals surface area contributed by atoms with Crippen molar-refractivity contribution in [2.24, 2.45) is 0 Å². The maximum absolute atomic E-state index is 12.0. The van der Waals surface area contributed by atoms with Crippen LogP contribution in [-0.2, 0) is 22.7 Å². The first kappa shape index (κ1) is 18.0. The maximum atomic E-state index is 12.0. The topological polar surface area (TPSA) is 106 Å². The average Bonchev–Trinajstić information content (AvgIpc) is 2.90. The van der Waals surface area contributed by atoms with Crippen molar-refractivity contribution < 1.29 is 19.4 Å². The number of nitrogens with zero attached hydrogens (tertiary/aromatic N) is 3. The van der Waals surface area contributed by atoms with Gasteiger partial charge in [0.25, 0.3) is 5.91 Å². The van der Waals surface area contributed by atoms with E-state index < -0.39 is 12.1 Å². The predicted octanol–water partition coefficient (Wildman–Crippen LogP) is 1.75. The summed E-state index contributed by atoms with van der Waals surface area (Å²) in [5.41, 5.74) is 0.433. The van der Waals surface area contributed by atoms with E-state index in [1.165, 1.54) is 6.20 Å². The molecule has 1 atom stereocenters. The Bertz CT molecular complexity index is 730. The van der Waals surface area contributed by atoms with Gasteiger partial charge in [0.2, 0.25) is 0 Å². The number of amides is 1. The Morgan fingerprint density at radius 1 is 1.33 bits per heavy atom. The molecule has 0 aliphatic heterocycles. The predicted molar refractivity (Wildman–Crippen MR) is 86.1 cm³/mol. The Morgan fingerprint density at radius 3 is 2.62 bits per heavy atom. The summed E-state index contributed by atoms with van der Waals surface area (Å²) in [7, 11) is 0. The number of carboxylic acid groups (broad SMARTS) is 1. The van der Waals surface area contributed by atoms with Crippen molar-refractivity contribution in [1.82, 2.24) is 20.3 Å². The second-order valence-corrected chi connectivity index (χ2v) is 5.76. The molecule has 0 bridgehead atoms. The van der Waals surface area contributed by atoms with Gasteiger partial charge in [-0.25, -0.2) is 4.68 Å². The second-order valence-electron chi connectivity index (χ2n) is 4.88. The number of hydrogen-bond donors (Lipinski definition) is 2. The first-order valence-electron chi connectivity index (χ1n) is 6.85. The fraction of sp³-hybridized carbons (Fsp3) is 0.286. The van der Waals surface area contributed by atoms with E-state index in [1.54, 1.807) is 25.1 Å². The Morgan fingerprint density at radius 2 is 2.00 bits per heavy atom. The van der Waals surface area contributed by atoms with E-state index in [9.17, 15) is 9.59 Å². The van der Waals surface area contributed by atoms with Crippen LogP contribution in [0, 0.1) is 0 Å². The van der Waals surface area contributed by atoms with Crippen LogP contribution >= 0.6 is 23.2 Å². The summed E-state index contributed by atoms with van der Waals surface area (Å²) in [5.74, 6) is -1.03. The molecular weight excluding hydrogens is 359 g/mol. The molecule has 10 heteroatoms. The molecule has 0 fully saturated rings. The molecule has 1 amide bonds. The molecule has 0 saturated heterocycles. The van der Waals surface area contributed by atoms with Gasteiger partial charge in [-0.05, 0) is 25.1 Å². The molecule has 8 nitrogen and oxygen atoms in total. The molecule has 0 aliphatic carbocycles. The quantitative estimate of drug-likeness (QED) is 0.766. The summed E-state index contributed by atoms with van der Waals surface area (Å²) < 4.78 is 6.65. The van der Waals surface area contributed by atoms with Gasteiger partial charge in [0, 0.05) is 10.0 Å². The molecule has 0 saturated carbocycles. The van der Waals surface area contributed by atoms with Crippen molar-refractivity contribution in [2.75, 3.05) is 0 Å². The SMILES string of the molecule is CC(Oc1cc(Cl)cc(Cl)c1)C(=O)NCc1cn(CC(=O)O)nn1. The molecule has 1 unspecified atom stereocenters. The highest BCUT2D eigenvalue weighted by Crippen LogP contribution is 2.24. The molecule has 2 aromatic rings. The van der Waals surface area contributed by atoms with Gasteiger partial charge >= 0.3 is 5.97 Å². The van der Waals surface area contributed by atoms with Crippen molar-refractivity contribution >= 4 is 35.1 Å². The van der Waals surface area contributed by atoms with Crippen LogP contribution in [0.15, 0.2) is 24.4 Å². The number of aromatic nitrogens is 3. The Kier molecular flexibility index (Phi) is 5.99. The fourth-order valence-corrected chi connectivity index (χ4v) is 2.32. The van der Waals surface area contributed by atoms with Crippen molar-refractivity contribution in [3.63, 3.8) is 0 Å². The van der Waals surface area contributed by atoms with Crippen LogP contribution in [0.4, 0.5) is 0 Å². The third-order valence-corrected chi connectivity index (χ3v) is 3.28. The molecule has 0 radical (unpaired) electrons. The molecule has 1 heterocycles. The van der Waals surface area contributed by atoms with Crippen LogP contribution in [0.3, 0.4) is 0 Å². The van der Waals surface area contributed by atoms with E-state index in [0.29, 0.717) is 21.5 Å². The van der Waals surface area contributed by atoms with Gasteiger partial charge in [0.1, 0.15) is 18.0 Å². The number of hydrogen-bond acceptors (Lipinski definition) is 5. The third-order valence-electron chi connectivity index (χ3n) is 2.85. The summed E-state index contributed by atoms with van der Waals surface area (Å²) in [6.07, 6.45) is 0.657. The molecule has 128 valence electrons. The highest BCUT2D eigenvalue weighted by Gasteiger charge is 2.15. The smallest absolute Gasteiger partial charge is 0.325 e. The van der Waals surface area contributed by atoms with E-state index in [1.807, 2.05) is 0 Å². The van der Waals surface area contributed by atoms with Crippen LogP contribution in [0.1, 0.15) is 12.6 Å². The van der Waals surface area contributed by atoms with Crippen molar-refractivity contribution in [2.45, 2.75) is 26.1 Å². The zero-order chi connectivity index (χ0) is 17.7. The fourth-order valence-electron chi connectivity index (χ4n) is 1.81. The lowest BCUT2D eigenvalue weighted by atomic mass is 10.3. The largest absolute Gasteiger partial charge is 0.481 e. The van der Waals surface area contributed by atoms with E-state index in [4.69, 9.17) is 33.0 Å². The van der Waals surface area contributed by atoms with Crippen LogP contribution in [0.5, 0.6) is 5.75 Å². The summed E-state index contributed by atoms with van der Waals surface area (Å²) in [5, 5.41) is 19.5. The molecule has 24 heavy (non-hydrogen) atoms. The number of rotatable bonds is 7. The van der Waals surface area contributed by atoms with Gasteiger partial charge < -0.3 is 15.2 Å².